The van der Waals surface area contributed by atoms with E-state index in [9.17, 15) is 13.2 Å². The fourth-order valence-electron chi connectivity index (χ4n) is 1.10. The van der Waals surface area contributed by atoms with E-state index in [4.69, 9.17) is 5.11 Å². The molecule has 0 heterocycles. The van der Waals surface area contributed by atoms with Crippen LogP contribution in [0, 0.1) is 0 Å². The van der Waals surface area contributed by atoms with Crippen LogP contribution in [0.2, 0.25) is 0 Å². The van der Waals surface area contributed by atoms with Gasteiger partial charge in [0.05, 0.1) is 12.5 Å². The zero-order valence-electron chi connectivity index (χ0n) is 7.67. The van der Waals surface area contributed by atoms with E-state index >= 15 is 0 Å². The first-order chi connectivity index (χ1) is 6.45. The molecule has 0 radical (unpaired) electrons. The third-order valence-electron chi connectivity index (χ3n) is 2.15. The van der Waals surface area contributed by atoms with Crippen molar-refractivity contribution in [3.8, 4) is 0 Å². The van der Waals surface area contributed by atoms with Crippen molar-refractivity contribution in [1.82, 2.24) is 0 Å². The molecule has 0 aliphatic rings. The molecule has 14 heavy (non-hydrogen) atoms. The van der Waals surface area contributed by atoms with Gasteiger partial charge in [-0.25, -0.2) is 0 Å². The minimum absolute atomic E-state index is 0.152. The van der Waals surface area contributed by atoms with Crippen molar-refractivity contribution in [3.63, 3.8) is 0 Å². The molecule has 1 nitrogen and oxygen atoms in total. The van der Waals surface area contributed by atoms with E-state index in [2.05, 4.69) is 0 Å². The lowest BCUT2D eigenvalue weighted by Gasteiger charge is -2.15. The van der Waals surface area contributed by atoms with Gasteiger partial charge in [0.15, 0.2) is 0 Å². The van der Waals surface area contributed by atoms with Gasteiger partial charge in [-0.15, -0.1) is 0 Å². The first kappa shape index (κ1) is 11.0. The maximum absolute atomic E-state index is 12.3. The summed E-state index contributed by atoms with van der Waals surface area (Å²) >= 11 is 0. The summed E-state index contributed by atoms with van der Waals surface area (Å²) in [4.78, 5) is 0. The van der Waals surface area contributed by atoms with Gasteiger partial charge in [-0.05, 0) is 18.1 Å². The summed E-state index contributed by atoms with van der Waals surface area (Å²) in [6, 6.07) is 5.78. The molecule has 1 aromatic rings. The number of hydrogen-bond donors (Lipinski definition) is 1. The molecule has 0 amide bonds. The van der Waals surface area contributed by atoms with Crippen molar-refractivity contribution in [1.29, 1.82) is 0 Å². The number of hydrogen-bond acceptors (Lipinski definition) is 1. The predicted molar refractivity (Wildman–Crippen MR) is 46.8 cm³/mol. The van der Waals surface area contributed by atoms with E-state index in [1.54, 1.807) is 0 Å². The van der Waals surface area contributed by atoms with Crippen LogP contribution in [0.1, 0.15) is 24.0 Å². The van der Waals surface area contributed by atoms with Gasteiger partial charge in [-0.3, -0.25) is 0 Å². The lowest BCUT2D eigenvalue weighted by Crippen LogP contribution is -2.17. The number of alkyl halides is 3. The quantitative estimate of drug-likeness (QED) is 0.785. The first-order valence-corrected chi connectivity index (χ1v) is 4.21. The Labute approximate surface area is 80.2 Å². The summed E-state index contributed by atoms with van der Waals surface area (Å²) in [6.45, 7) is 0.967. The SMILES string of the molecule is C[C@@H](c1ccc(CO)cc1)C(F)(F)F. The predicted octanol–water partition coefficient (Wildman–Crippen LogP) is 2.84. The standard InChI is InChI=1S/C10H11F3O/c1-7(10(11,12)13)9-4-2-8(6-14)3-5-9/h2-5,7,14H,6H2,1H3/t7-/m0/s1. The molecule has 0 aromatic heterocycles. The van der Waals surface area contributed by atoms with Crippen LogP contribution in [-0.4, -0.2) is 11.3 Å². The first-order valence-electron chi connectivity index (χ1n) is 4.21. The average Bonchev–Trinajstić information content (AvgIpc) is 2.15. The highest BCUT2D eigenvalue weighted by molar-refractivity contribution is 5.25. The Morgan fingerprint density at radius 1 is 1.21 bits per heavy atom. The van der Waals surface area contributed by atoms with Crippen LogP contribution in [0.3, 0.4) is 0 Å². The van der Waals surface area contributed by atoms with Gasteiger partial charge in [0.1, 0.15) is 0 Å². The van der Waals surface area contributed by atoms with E-state index in [1.165, 1.54) is 24.3 Å². The molecule has 0 spiro atoms. The minimum Gasteiger partial charge on any atom is -0.392 e. The van der Waals surface area contributed by atoms with Crippen molar-refractivity contribution in [2.24, 2.45) is 0 Å². The molecule has 1 N–H and O–H groups in total. The highest BCUT2D eigenvalue weighted by Crippen LogP contribution is 2.34. The molecule has 0 aliphatic heterocycles. The van der Waals surface area contributed by atoms with Crippen LogP contribution in [-0.2, 0) is 6.61 Å². The molecule has 1 aromatic carbocycles. The molecule has 0 bridgehead atoms. The van der Waals surface area contributed by atoms with Gasteiger partial charge < -0.3 is 5.11 Å². The second-order valence-electron chi connectivity index (χ2n) is 3.16. The Kier molecular flexibility index (Phi) is 3.16. The lowest BCUT2D eigenvalue weighted by molar-refractivity contribution is -0.146. The summed E-state index contributed by atoms with van der Waals surface area (Å²) in [6.07, 6.45) is -4.21. The van der Waals surface area contributed by atoms with Gasteiger partial charge in [-0.1, -0.05) is 24.3 Å². The third-order valence-corrected chi connectivity index (χ3v) is 2.15. The molecule has 0 unspecified atom stereocenters. The highest BCUT2D eigenvalue weighted by atomic mass is 19.4. The number of aliphatic hydroxyl groups excluding tert-OH is 1. The summed E-state index contributed by atoms with van der Waals surface area (Å²) in [5.41, 5.74) is 0.831. The molecule has 0 aliphatic carbocycles. The van der Waals surface area contributed by atoms with Crippen molar-refractivity contribution in [3.05, 3.63) is 35.4 Å². The Hall–Kier alpha value is -1.03. The smallest absolute Gasteiger partial charge is 0.392 e. The molecule has 1 atom stereocenters. The van der Waals surface area contributed by atoms with Crippen molar-refractivity contribution in [2.75, 3.05) is 0 Å². The van der Waals surface area contributed by atoms with Crippen LogP contribution >= 0.6 is 0 Å². The maximum Gasteiger partial charge on any atom is 0.395 e. The van der Waals surface area contributed by atoms with Crippen LogP contribution in [0.5, 0.6) is 0 Å². The Morgan fingerprint density at radius 3 is 2.07 bits per heavy atom. The van der Waals surface area contributed by atoms with Gasteiger partial charge >= 0.3 is 6.18 Å². The van der Waals surface area contributed by atoms with Crippen LogP contribution in [0.4, 0.5) is 13.2 Å². The van der Waals surface area contributed by atoms with Gasteiger partial charge in [0, 0.05) is 0 Å². The van der Waals surface area contributed by atoms with Crippen molar-refractivity contribution < 1.29 is 18.3 Å². The average molecular weight is 204 g/mol. The summed E-state index contributed by atoms with van der Waals surface area (Å²) in [5, 5.41) is 8.70. The van der Waals surface area contributed by atoms with Crippen molar-refractivity contribution in [2.45, 2.75) is 25.6 Å². The number of rotatable bonds is 2. The molecule has 4 heteroatoms. The van der Waals surface area contributed by atoms with Gasteiger partial charge in [-0.2, -0.15) is 13.2 Å². The Balaban J connectivity index is 2.87. The molecule has 1 rings (SSSR count). The second kappa shape index (κ2) is 4.00. The van der Waals surface area contributed by atoms with E-state index < -0.39 is 12.1 Å². The van der Waals surface area contributed by atoms with Crippen LogP contribution < -0.4 is 0 Å². The van der Waals surface area contributed by atoms with Crippen LogP contribution in [0.25, 0.3) is 0 Å². The van der Waals surface area contributed by atoms with Crippen molar-refractivity contribution >= 4 is 0 Å². The highest BCUT2D eigenvalue weighted by Gasteiger charge is 2.36. The van der Waals surface area contributed by atoms with E-state index in [0.717, 1.165) is 6.92 Å². The molecule has 0 saturated heterocycles. The van der Waals surface area contributed by atoms with E-state index in [1.807, 2.05) is 0 Å². The summed E-state index contributed by atoms with van der Waals surface area (Å²) in [5.74, 6) is -1.46. The molecule has 0 fully saturated rings. The monoisotopic (exact) mass is 204 g/mol. The molecule has 0 saturated carbocycles. The number of halogens is 3. The zero-order valence-corrected chi connectivity index (χ0v) is 7.67. The zero-order chi connectivity index (χ0) is 10.8. The summed E-state index contributed by atoms with van der Waals surface area (Å²) < 4.78 is 36.8. The molecular formula is C10H11F3O. The van der Waals surface area contributed by atoms with Gasteiger partial charge in [0.2, 0.25) is 0 Å². The lowest BCUT2D eigenvalue weighted by atomic mass is 9.99. The largest absolute Gasteiger partial charge is 0.395 e. The van der Waals surface area contributed by atoms with E-state index in [-0.39, 0.29) is 12.2 Å². The second-order valence-corrected chi connectivity index (χ2v) is 3.16. The third kappa shape index (κ3) is 2.48. The van der Waals surface area contributed by atoms with E-state index in [0.29, 0.717) is 5.56 Å². The molecule has 78 valence electrons. The van der Waals surface area contributed by atoms with Crippen LogP contribution in [0.15, 0.2) is 24.3 Å². The Morgan fingerprint density at radius 2 is 1.71 bits per heavy atom. The normalized spacial score (nSPS) is 14.1. The maximum atomic E-state index is 12.3. The number of benzene rings is 1. The topological polar surface area (TPSA) is 20.2 Å². The minimum atomic E-state index is -4.21. The number of aliphatic hydroxyl groups is 1. The Bertz CT molecular complexity index is 289. The fourth-order valence-corrected chi connectivity index (χ4v) is 1.10. The van der Waals surface area contributed by atoms with Gasteiger partial charge in [0.25, 0.3) is 0 Å². The molecular weight excluding hydrogens is 193 g/mol. The fraction of sp³-hybridized carbons (Fsp3) is 0.400. The summed E-state index contributed by atoms with van der Waals surface area (Å²) in [7, 11) is 0.